The summed E-state index contributed by atoms with van der Waals surface area (Å²) in [5.74, 6) is 0.975. The summed E-state index contributed by atoms with van der Waals surface area (Å²) in [6.07, 6.45) is 3.29. The van der Waals surface area contributed by atoms with Crippen LogP contribution in [0.25, 0.3) is 16.0 Å². The molecule has 3 heterocycles. The normalized spacial score (nSPS) is 10.6. The van der Waals surface area contributed by atoms with Crippen LogP contribution < -0.4 is 5.32 Å². The van der Waals surface area contributed by atoms with Gasteiger partial charge in [0.05, 0.1) is 17.0 Å². The van der Waals surface area contributed by atoms with Gasteiger partial charge in [0.25, 0.3) is 5.82 Å². The van der Waals surface area contributed by atoms with Gasteiger partial charge >= 0.3 is 0 Å². The average Bonchev–Trinajstić information content (AvgIpc) is 2.83. The van der Waals surface area contributed by atoms with Crippen molar-refractivity contribution in [3.05, 3.63) is 46.7 Å². The standard InChI is InChI=1S/C14H11ClN6/c1-8-4-11(16-2)17-6-10(8)19-12-5-9(15)13-14(20-12)21(3)7-18-13/h4-7H,1,3H3,(H,19,20). The molecule has 3 aromatic heterocycles. The molecule has 0 unspecified atom stereocenters. The van der Waals surface area contributed by atoms with Crippen molar-refractivity contribution >= 4 is 40.1 Å². The SMILES string of the molecule is [C-]#[N+]c1cc(C)c(Nc2cc(Cl)c3ncn(C)c3n2)cn1. The molecule has 1 N–H and O–H groups in total. The lowest BCUT2D eigenvalue weighted by atomic mass is 10.2. The number of nitrogens with zero attached hydrogens (tertiary/aromatic N) is 5. The van der Waals surface area contributed by atoms with Crippen molar-refractivity contribution in [3.63, 3.8) is 0 Å². The predicted molar refractivity (Wildman–Crippen MR) is 82.0 cm³/mol. The van der Waals surface area contributed by atoms with Crippen LogP contribution in [0.5, 0.6) is 0 Å². The van der Waals surface area contributed by atoms with Gasteiger partial charge in [-0.3, -0.25) is 0 Å². The Kier molecular flexibility index (Phi) is 3.20. The molecule has 0 fully saturated rings. The molecule has 0 saturated carbocycles. The van der Waals surface area contributed by atoms with Crippen LogP contribution in [-0.2, 0) is 7.05 Å². The minimum atomic E-state index is 0.367. The van der Waals surface area contributed by atoms with E-state index in [-0.39, 0.29) is 0 Å². The van der Waals surface area contributed by atoms with Gasteiger partial charge < -0.3 is 14.7 Å². The Hall–Kier alpha value is -2.65. The number of anilines is 2. The third-order valence-corrected chi connectivity index (χ3v) is 3.38. The van der Waals surface area contributed by atoms with Crippen LogP contribution in [0.15, 0.2) is 24.7 Å². The molecule has 0 atom stereocenters. The largest absolute Gasteiger partial charge is 0.361 e. The van der Waals surface area contributed by atoms with Crippen molar-refractivity contribution in [2.75, 3.05) is 5.32 Å². The van der Waals surface area contributed by atoms with E-state index >= 15 is 0 Å². The summed E-state index contributed by atoms with van der Waals surface area (Å²) in [7, 11) is 1.86. The van der Waals surface area contributed by atoms with Crippen molar-refractivity contribution < 1.29 is 0 Å². The number of nitrogens with one attached hydrogen (secondary N) is 1. The maximum absolute atomic E-state index is 6.96. The van der Waals surface area contributed by atoms with E-state index in [9.17, 15) is 0 Å². The van der Waals surface area contributed by atoms with Crippen molar-refractivity contribution in [2.45, 2.75) is 6.92 Å². The van der Waals surface area contributed by atoms with Crippen molar-refractivity contribution in [3.8, 4) is 0 Å². The summed E-state index contributed by atoms with van der Waals surface area (Å²) >= 11 is 6.22. The molecule has 0 saturated heterocycles. The number of halogens is 1. The van der Waals surface area contributed by atoms with Crippen LogP contribution >= 0.6 is 11.6 Å². The molecule has 0 bridgehead atoms. The molecule has 0 aliphatic heterocycles. The van der Waals surface area contributed by atoms with E-state index in [0.717, 1.165) is 11.3 Å². The zero-order chi connectivity index (χ0) is 15.0. The van der Waals surface area contributed by atoms with Gasteiger partial charge in [0, 0.05) is 13.1 Å². The summed E-state index contributed by atoms with van der Waals surface area (Å²) in [6.45, 7) is 8.86. The lowest BCUT2D eigenvalue weighted by Crippen LogP contribution is -1.98. The molecule has 7 heteroatoms. The molecule has 21 heavy (non-hydrogen) atoms. The third-order valence-electron chi connectivity index (χ3n) is 3.10. The third kappa shape index (κ3) is 2.39. The van der Waals surface area contributed by atoms with Crippen molar-refractivity contribution in [2.24, 2.45) is 7.05 Å². The molecule has 104 valence electrons. The van der Waals surface area contributed by atoms with E-state index in [2.05, 4.69) is 25.1 Å². The van der Waals surface area contributed by atoms with Gasteiger partial charge in [0.1, 0.15) is 17.5 Å². The number of hydrogen-bond donors (Lipinski definition) is 1. The van der Waals surface area contributed by atoms with Crippen molar-refractivity contribution in [1.82, 2.24) is 19.5 Å². The molecule has 3 aromatic rings. The van der Waals surface area contributed by atoms with Crippen LogP contribution in [0.4, 0.5) is 17.3 Å². The highest BCUT2D eigenvalue weighted by Gasteiger charge is 2.10. The minimum absolute atomic E-state index is 0.367. The second kappa shape index (κ2) is 5.04. The quantitative estimate of drug-likeness (QED) is 0.734. The second-order valence-electron chi connectivity index (χ2n) is 4.61. The first-order valence-corrected chi connectivity index (χ1v) is 6.55. The molecular weight excluding hydrogens is 288 g/mol. The van der Waals surface area contributed by atoms with Crippen molar-refractivity contribution in [1.29, 1.82) is 0 Å². The van der Waals surface area contributed by atoms with Crippen LogP contribution in [-0.4, -0.2) is 19.5 Å². The number of aryl methyl sites for hydroxylation is 2. The minimum Gasteiger partial charge on any atom is -0.361 e. The van der Waals surface area contributed by atoms with Gasteiger partial charge in [-0.15, -0.1) is 4.98 Å². The predicted octanol–water partition coefficient (Wildman–Crippen LogP) is 3.62. The van der Waals surface area contributed by atoms with E-state index in [1.54, 1.807) is 29.2 Å². The zero-order valence-corrected chi connectivity index (χ0v) is 12.2. The van der Waals surface area contributed by atoms with E-state index in [1.807, 2.05) is 14.0 Å². The highest BCUT2D eigenvalue weighted by molar-refractivity contribution is 6.35. The number of pyridine rings is 2. The molecule has 0 spiro atoms. The topological polar surface area (TPSA) is 60.0 Å². The van der Waals surface area contributed by atoms with Gasteiger partial charge in [-0.25, -0.2) is 9.97 Å². The van der Waals surface area contributed by atoms with E-state index < -0.39 is 0 Å². The first kappa shape index (κ1) is 13.3. The molecule has 0 aliphatic rings. The Morgan fingerprint density at radius 1 is 1.33 bits per heavy atom. The first-order valence-electron chi connectivity index (χ1n) is 6.17. The van der Waals surface area contributed by atoms with Gasteiger partial charge in [-0.05, 0) is 18.6 Å². The summed E-state index contributed by atoms with van der Waals surface area (Å²) in [6, 6.07) is 3.44. The number of fused-ring (bicyclic) bond motifs is 1. The van der Waals surface area contributed by atoms with E-state index in [0.29, 0.717) is 27.8 Å². The second-order valence-corrected chi connectivity index (χ2v) is 5.02. The van der Waals surface area contributed by atoms with Crippen LogP contribution in [0.1, 0.15) is 5.56 Å². The first-order chi connectivity index (χ1) is 10.1. The molecule has 0 amide bonds. The number of aromatic nitrogens is 4. The Labute approximate surface area is 126 Å². The fraction of sp³-hybridized carbons (Fsp3) is 0.143. The molecule has 0 aliphatic carbocycles. The highest BCUT2D eigenvalue weighted by Crippen LogP contribution is 2.27. The Morgan fingerprint density at radius 3 is 2.86 bits per heavy atom. The number of hydrogen-bond acceptors (Lipinski definition) is 4. The highest BCUT2D eigenvalue weighted by atomic mass is 35.5. The summed E-state index contributed by atoms with van der Waals surface area (Å²) in [5.41, 5.74) is 3.07. The maximum Gasteiger partial charge on any atom is 0.269 e. The summed E-state index contributed by atoms with van der Waals surface area (Å²) in [4.78, 5) is 16.0. The van der Waals surface area contributed by atoms with Gasteiger partial charge in [0.2, 0.25) is 0 Å². The van der Waals surface area contributed by atoms with Crippen LogP contribution in [0.2, 0.25) is 5.02 Å². The Bertz CT molecular complexity index is 877. The summed E-state index contributed by atoms with van der Waals surface area (Å²) in [5, 5.41) is 3.71. The Morgan fingerprint density at radius 2 is 2.14 bits per heavy atom. The van der Waals surface area contributed by atoms with Gasteiger partial charge in [-0.1, -0.05) is 18.2 Å². The molecule has 0 aromatic carbocycles. The van der Waals surface area contributed by atoms with E-state index in [4.69, 9.17) is 18.2 Å². The number of rotatable bonds is 2. The molecular formula is C14H11ClN6. The summed E-state index contributed by atoms with van der Waals surface area (Å²) < 4.78 is 1.81. The fourth-order valence-corrected chi connectivity index (χ4v) is 2.23. The van der Waals surface area contributed by atoms with Gasteiger partial charge in [0.15, 0.2) is 5.65 Å². The zero-order valence-electron chi connectivity index (χ0n) is 11.4. The smallest absolute Gasteiger partial charge is 0.269 e. The molecule has 6 nitrogen and oxygen atoms in total. The average molecular weight is 299 g/mol. The Balaban J connectivity index is 2.02. The number of imidazole rings is 1. The van der Waals surface area contributed by atoms with Gasteiger partial charge in [-0.2, -0.15) is 0 Å². The lowest BCUT2D eigenvalue weighted by Gasteiger charge is -2.08. The van der Waals surface area contributed by atoms with Crippen LogP contribution in [0, 0.1) is 13.5 Å². The van der Waals surface area contributed by atoms with Crippen LogP contribution in [0.3, 0.4) is 0 Å². The molecule has 0 radical (unpaired) electrons. The monoisotopic (exact) mass is 298 g/mol. The fourth-order valence-electron chi connectivity index (χ4n) is 1.99. The maximum atomic E-state index is 6.96. The van der Waals surface area contributed by atoms with E-state index in [1.165, 1.54) is 0 Å². The lowest BCUT2D eigenvalue weighted by molar-refractivity contribution is 0.931. The molecule has 3 rings (SSSR count).